The van der Waals surface area contributed by atoms with Gasteiger partial charge in [-0.2, -0.15) is 5.10 Å². The van der Waals surface area contributed by atoms with Crippen LogP contribution in [0.2, 0.25) is 0 Å². The molecule has 5 rings (SSSR count). The first-order chi connectivity index (χ1) is 13.7. The lowest BCUT2D eigenvalue weighted by atomic mass is 10.1. The molecule has 1 saturated heterocycles. The number of benzene rings is 1. The summed E-state index contributed by atoms with van der Waals surface area (Å²) in [6.07, 6.45) is 3.95. The summed E-state index contributed by atoms with van der Waals surface area (Å²) in [5.41, 5.74) is 3.20. The number of aryl methyl sites for hydroxylation is 1. The smallest absolute Gasteiger partial charge is 0.294 e. The third-order valence-corrected chi connectivity index (χ3v) is 6.20. The number of anilines is 1. The van der Waals surface area contributed by atoms with Crippen LogP contribution in [0, 0.1) is 6.92 Å². The molecule has 28 heavy (non-hydrogen) atoms. The molecule has 3 aromatic heterocycles. The lowest BCUT2D eigenvalue weighted by Gasteiger charge is -2.11. The van der Waals surface area contributed by atoms with Crippen LogP contribution in [0.1, 0.15) is 24.0 Å². The Bertz CT molecular complexity index is 1170. The van der Waals surface area contributed by atoms with E-state index < -0.39 is 0 Å². The van der Waals surface area contributed by atoms with Gasteiger partial charge in [0.15, 0.2) is 16.4 Å². The standard InChI is InChI=1S/C21H20N4O2S/c1-14-6-8-15(9-7-14)13-25-20(26)18-19(17(23-25)16-5-4-12-27-16)28-21(22-18)24-10-2-3-11-24/h4-9,12H,2-3,10-11,13H2,1H3. The highest BCUT2D eigenvalue weighted by molar-refractivity contribution is 7.22. The van der Waals surface area contributed by atoms with E-state index in [-0.39, 0.29) is 5.56 Å². The van der Waals surface area contributed by atoms with Gasteiger partial charge in [0, 0.05) is 13.1 Å². The number of hydrogen-bond acceptors (Lipinski definition) is 6. The highest BCUT2D eigenvalue weighted by Gasteiger charge is 2.22. The SMILES string of the molecule is Cc1ccc(Cn2nc(-c3ccco3)c3sc(N4CCCC4)nc3c2=O)cc1. The maximum absolute atomic E-state index is 13.1. The molecule has 0 radical (unpaired) electrons. The number of fused-ring (bicyclic) bond motifs is 1. The first-order valence-electron chi connectivity index (χ1n) is 9.45. The van der Waals surface area contributed by atoms with Gasteiger partial charge in [0.05, 0.1) is 17.5 Å². The van der Waals surface area contributed by atoms with Crippen LogP contribution in [-0.2, 0) is 6.54 Å². The fraction of sp³-hybridized carbons (Fsp3) is 0.286. The average Bonchev–Trinajstić information content (AvgIpc) is 3.47. The fourth-order valence-electron chi connectivity index (χ4n) is 3.54. The largest absolute Gasteiger partial charge is 0.463 e. The van der Waals surface area contributed by atoms with Gasteiger partial charge in [-0.05, 0) is 37.5 Å². The first-order valence-corrected chi connectivity index (χ1v) is 10.3. The van der Waals surface area contributed by atoms with Crippen LogP contribution < -0.4 is 10.5 Å². The number of aromatic nitrogens is 3. The molecule has 0 unspecified atom stereocenters. The minimum atomic E-state index is -0.160. The minimum Gasteiger partial charge on any atom is -0.463 e. The van der Waals surface area contributed by atoms with Gasteiger partial charge in [0.2, 0.25) is 0 Å². The maximum atomic E-state index is 13.1. The Labute approximate surface area is 166 Å². The molecule has 0 atom stereocenters. The number of nitrogens with zero attached hydrogens (tertiary/aromatic N) is 4. The molecule has 1 fully saturated rings. The summed E-state index contributed by atoms with van der Waals surface area (Å²) in [6.45, 7) is 4.42. The molecule has 4 heterocycles. The molecule has 6 nitrogen and oxygen atoms in total. The quantitative estimate of drug-likeness (QED) is 0.524. The summed E-state index contributed by atoms with van der Waals surface area (Å²) in [6, 6.07) is 11.8. The molecule has 0 spiro atoms. The van der Waals surface area contributed by atoms with Crippen molar-refractivity contribution in [1.29, 1.82) is 0 Å². The normalized spacial score (nSPS) is 14.2. The fourth-order valence-corrected chi connectivity index (χ4v) is 4.64. The molecule has 1 aromatic carbocycles. The third-order valence-electron chi connectivity index (χ3n) is 5.07. The van der Waals surface area contributed by atoms with Gasteiger partial charge >= 0.3 is 0 Å². The summed E-state index contributed by atoms with van der Waals surface area (Å²) in [5, 5.41) is 5.56. The van der Waals surface area contributed by atoms with E-state index in [0.717, 1.165) is 41.3 Å². The second-order valence-electron chi connectivity index (χ2n) is 7.14. The van der Waals surface area contributed by atoms with Gasteiger partial charge in [-0.1, -0.05) is 41.2 Å². The zero-order chi connectivity index (χ0) is 19.1. The Balaban J connectivity index is 1.67. The summed E-state index contributed by atoms with van der Waals surface area (Å²) >= 11 is 1.53. The molecule has 1 aliphatic heterocycles. The average molecular weight is 392 g/mol. The van der Waals surface area contributed by atoms with Crippen molar-refractivity contribution < 1.29 is 4.42 Å². The van der Waals surface area contributed by atoms with Crippen LogP contribution in [0.15, 0.2) is 51.9 Å². The lowest BCUT2D eigenvalue weighted by molar-refractivity contribution is 0.571. The van der Waals surface area contributed by atoms with E-state index in [1.54, 1.807) is 6.26 Å². The molecular formula is C21H20N4O2S. The minimum absolute atomic E-state index is 0.160. The predicted octanol–water partition coefficient (Wildman–Crippen LogP) is 4.07. The monoisotopic (exact) mass is 392 g/mol. The van der Waals surface area contributed by atoms with Crippen molar-refractivity contribution in [2.45, 2.75) is 26.3 Å². The molecule has 0 aliphatic carbocycles. The topological polar surface area (TPSA) is 64.2 Å². The van der Waals surface area contributed by atoms with Gasteiger partial charge < -0.3 is 9.32 Å². The Kier molecular flexibility index (Phi) is 4.24. The number of rotatable bonds is 4. The third kappa shape index (κ3) is 3.01. The van der Waals surface area contributed by atoms with E-state index in [9.17, 15) is 4.79 Å². The number of hydrogen-bond donors (Lipinski definition) is 0. The van der Waals surface area contributed by atoms with Crippen LogP contribution in [0.4, 0.5) is 5.13 Å². The van der Waals surface area contributed by atoms with Gasteiger partial charge in [-0.3, -0.25) is 4.79 Å². The van der Waals surface area contributed by atoms with E-state index in [1.807, 2.05) is 43.3 Å². The highest BCUT2D eigenvalue weighted by Crippen LogP contribution is 2.35. The number of furan rings is 1. The van der Waals surface area contributed by atoms with Crippen LogP contribution in [0.3, 0.4) is 0 Å². The predicted molar refractivity (Wildman–Crippen MR) is 111 cm³/mol. The van der Waals surface area contributed by atoms with Gasteiger partial charge in [0.25, 0.3) is 5.56 Å². The van der Waals surface area contributed by atoms with Crippen LogP contribution in [-0.4, -0.2) is 27.9 Å². The van der Waals surface area contributed by atoms with Crippen molar-refractivity contribution in [3.05, 3.63) is 64.1 Å². The van der Waals surface area contributed by atoms with Gasteiger partial charge in [0.1, 0.15) is 5.69 Å². The van der Waals surface area contributed by atoms with Crippen molar-refractivity contribution in [2.24, 2.45) is 0 Å². The van der Waals surface area contributed by atoms with Gasteiger partial charge in [-0.25, -0.2) is 9.67 Å². The van der Waals surface area contributed by atoms with E-state index in [4.69, 9.17) is 9.40 Å². The molecule has 1 aliphatic rings. The van der Waals surface area contributed by atoms with Crippen molar-refractivity contribution in [3.63, 3.8) is 0 Å². The summed E-state index contributed by atoms with van der Waals surface area (Å²) in [7, 11) is 0. The summed E-state index contributed by atoms with van der Waals surface area (Å²) in [4.78, 5) is 20.1. The summed E-state index contributed by atoms with van der Waals surface area (Å²) < 4.78 is 7.90. The lowest BCUT2D eigenvalue weighted by Crippen LogP contribution is -2.24. The second-order valence-corrected chi connectivity index (χ2v) is 8.12. The van der Waals surface area contributed by atoms with Crippen molar-refractivity contribution in [1.82, 2.24) is 14.8 Å². The van der Waals surface area contributed by atoms with Crippen molar-refractivity contribution in [2.75, 3.05) is 18.0 Å². The van der Waals surface area contributed by atoms with Crippen LogP contribution in [0.5, 0.6) is 0 Å². The molecular weight excluding hydrogens is 372 g/mol. The van der Waals surface area contributed by atoms with Crippen molar-refractivity contribution >= 4 is 26.7 Å². The Morgan fingerprint density at radius 3 is 2.64 bits per heavy atom. The molecule has 0 bridgehead atoms. The Morgan fingerprint density at radius 2 is 1.93 bits per heavy atom. The zero-order valence-corrected chi connectivity index (χ0v) is 16.4. The summed E-state index contributed by atoms with van der Waals surface area (Å²) in [5.74, 6) is 0.652. The number of thiazole rings is 1. The van der Waals surface area contributed by atoms with Crippen molar-refractivity contribution in [3.8, 4) is 11.5 Å². The highest BCUT2D eigenvalue weighted by atomic mass is 32.1. The van der Waals surface area contributed by atoms with Crippen LogP contribution >= 0.6 is 11.3 Å². The molecule has 142 valence electrons. The molecule has 0 saturated carbocycles. The van der Waals surface area contributed by atoms with E-state index >= 15 is 0 Å². The molecule has 0 N–H and O–H groups in total. The molecule has 4 aromatic rings. The van der Waals surface area contributed by atoms with Crippen LogP contribution in [0.25, 0.3) is 21.7 Å². The second kappa shape index (κ2) is 6.91. The Hall–Kier alpha value is -2.93. The van der Waals surface area contributed by atoms with E-state index in [2.05, 4.69) is 10.00 Å². The Morgan fingerprint density at radius 1 is 1.14 bits per heavy atom. The molecule has 7 heteroatoms. The first kappa shape index (κ1) is 17.2. The molecule has 0 amide bonds. The zero-order valence-electron chi connectivity index (χ0n) is 15.6. The van der Waals surface area contributed by atoms with E-state index in [1.165, 1.54) is 21.6 Å². The van der Waals surface area contributed by atoms with Gasteiger partial charge in [-0.15, -0.1) is 0 Å². The maximum Gasteiger partial charge on any atom is 0.294 e. The van der Waals surface area contributed by atoms with E-state index in [0.29, 0.717) is 23.5 Å².